The molecule has 0 aromatic heterocycles. The third-order valence-corrected chi connectivity index (χ3v) is 6.88. The highest BCUT2D eigenvalue weighted by Gasteiger charge is 2.21. The number of nitrogens with zero attached hydrogens (tertiary/aromatic N) is 1. The summed E-state index contributed by atoms with van der Waals surface area (Å²) >= 11 is 3.34. The number of sulfonamides is 1. The van der Waals surface area contributed by atoms with Crippen LogP contribution in [-0.2, 0) is 14.8 Å². The van der Waals surface area contributed by atoms with Crippen molar-refractivity contribution in [2.75, 3.05) is 19.7 Å². The number of halogens is 1. The largest absolute Gasteiger partial charge is 0.484 e. The number of hydrogen-bond acceptors (Lipinski definition) is 4. The molecule has 0 fully saturated rings. The van der Waals surface area contributed by atoms with E-state index in [2.05, 4.69) is 21.2 Å². The molecule has 1 amide bonds. The van der Waals surface area contributed by atoms with Crippen LogP contribution >= 0.6 is 15.9 Å². The standard InChI is InChI=1S/C20H25BrN2O4S/c1-4-23(5-2)28(25,26)19-12-6-16(7-13-19)15(3)22-20(24)14-27-18-10-8-17(21)9-11-18/h6-13,15H,4-5,14H2,1-3H3,(H,22,24). The van der Waals surface area contributed by atoms with Gasteiger partial charge in [-0.15, -0.1) is 0 Å². The van der Waals surface area contributed by atoms with Gasteiger partial charge in [-0.3, -0.25) is 4.79 Å². The number of hydrogen-bond donors (Lipinski definition) is 1. The van der Waals surface area contributed by atoms with Crippen LogP contribution in [0.4, 0.5) is 0 Å². The molecule has 2 rings (SSSR count). The molecule has 152 valence electrons. The second-order valence-electron chi connectivity index (χ2n) is 6.19. The third-order valence-electron chi connectivity index (χ3n) is 4.28. The fraction of sp³-hybridized carbons (Fsp3) is 0.350. The van der Waals surface area contributed by atoms with Crippen LogP contribution in [0, 0.1) is 0 Å². The molecule has 0 saturated heterocycles. The van der Waals surface area contributed by atoms with E-state index >= 15 is 0 Å². The van der Waals surface area contributed by atoms with E-state index in [0.717, 1.165) is 10.0 Å². The molecule has 0 radical (unpaired) electrons. The topological polar surface area (TPSA) is 75.7 Å². The number of carbonyl (C=O) groups excluding carboxylic acids is 1. The Morgan fingerprint density at radius 2 is 1.64 bits per heavy atom. The molecule has 2 aromatic carbocycles. The van der Waals surface area contributed by atoms with Gasteiger partial charge >= 0.3 is 0 Å². The van der Waals surface area contributed by atoms with Crippen LogP contribution in [-0.4, -0.2) is 38.3 Å². The Kier molecular flexibility index (Phi) is 8.03. The van der Waals surface area contributed by atoms with Gasteiger partial charge in [-0.2, -0.15) is 4.31 Å². The fourth-order valence-corrected chi connectivity index (χ4v) is 4.41. The van der Waals surface area contributed by atoms with Crippen molar-refractivity contribution in [2.24, 2.45) is 0 Å². The smallest absolute Gasteiger partial charge is 0.258 e. The monoisotopic (exact) mass is 468 g/mol. The van der Waals surface area contributed by atoms with E-state index in [4.69, 9.17) is 4.74 Å². The van der Waals surface area contributed by atoms with E-state index < -0.39 is 10.0 Å². The summed E-state index contributed by atoms with van der Waals surface area (Å²) in [6.07, 6.45) is 0. The van der Waals surface area contributed by atoms with E-state index in [1.54, 1.807) is 36.4 Å². The minimum Gasteiger partial charge on any atom is -0.484 e. The molecule has 1 unspecified atom stereocenters. The maximum Gasteiger partial charge on any atom is 0.258 e. The zero-order valence-electron chi connectivity index (χ0n) is 16.2. The van der Waals surface area contributed by atoms with Crippen molar-refractivity contribution < 1.29 is 17.9 Å². The molecule has 0 spiro atoms. The SMILES string of the molecule is CCN(CC)S(=O)(=O)c1ccc(C(C)NC(=O)COc2ccc(Br)cc2)cc1. The predicted octanol–water partition coefficient (Wildman–Crippen LogP) is 3.74. The van der Waals surface area contributed by atoms with Crippen molar-refractivity contribution in [3.05, 3.63) is 58.6 Å². The van der Waals surface area contributed by atoms with Crippen LogP contribution in [0.3, 0.4) is 0 Å². The summed E-state index contributed by atoms with van der Waals surface area (Å²) in [5, 5.41) is 2.85. The van der Waals surface area contributed by atoms with Crippen molar-refractivity contribution in [3.63, 3.8) is 0 Å². The number of ether oxygens (including phenoxy) is 1. The van der Waals surface area contributed by atoms with Crippen molar-refractivity contribution >= 4 is 31.9 Å². The minimum atomic E-state index is -3.49. The first-order valence-electron chi connectivity index (χ1n) is 9.05. The minimum absolute atomic E-state index is 0.0968. The normalized spacial score (nSPS) is 12.6. The summed E-state index contributed by atoms with van der Waals surface area (Å²) in [7, 11) is -3.49. The number of nitrogens with one attached hydrogen (secondary N) is 1. The number of benzene rings is 2. The Morgan fingerprint density at radius 1 is 1.07 bits per heavy atom. The maximum atomic E-state index is 12.5. The molecule has 0 bridgehead atoms. The van der Waals surface area contributed by atoms with E-state index in [9.17, 15) is 13.2 Å². The lowest BCUT2D eigenvalue weighted by atomic mass is 10.1. The van der Waals surface area contributed by atoms with Gasteiger partial charge in [0.05, 0.1) is 10.9 Å². The van der Waals surface area contributed by atoms with Crippen LogP contribution in [0.5, 0.6) is 5.75 Å². The van der Waals surface area contributed by atoms with E-state index in [1.165, 1.54) is 4.31 Å². The Balaban J connectivity index is 1.95. The van der Waals surface area contributed by atoms with Crippen LogP contribution in [0.25, 0.3) is 0 Å². The maximum absolute atomic E-state index is 12.5. The van der Waals surface area contributed by atoms with Gasteiger partial charge in [0, 0.05) is 17.6 Å². The summed E-state index contributed by atoms with van der Waals surface area (Å²) in [5.41, 5.74) is 0.815. The fourth-order valence-electron chi connectivity index (χ4n) is 2.69. The zero-order chi connectivity index (χ0) is 20.7. The van der Waals surface area contributed by atoms with Gasteiger partial charge in [0.2, 0.25) is 10.0 Å². The van der Waals surface area contributed by atoms with Crippen molar-refractivity contribution in [1.82, 2.24) is 9.62 Å². The van der Waals surface area contributed by atoms with Gasteiger partial charge in [0.15, 0.2) is 6.61 Å². The molecule has 0 aliphatic rings. The zero-order valence-corrected chi connectivity index (χ0v) is 18.6. The average molecular weight is 469 g/mol. The van der Waals surface area contributed by atoms with E-state index in [0.29, 0.717) is 18.8 Å². The van der Waals surface area contributed by atoms with Gasteiger partial charge in [0.25, 0.3) is 5.91 Å². The van der Waals surface area contributed by atoms with Crippen molar-refractivity contribution in [2.45, 2.75) is 31.7 Å². The molecule has 0 aliphatic carbocycles. The summed E-state index contributed by atoms with van der Waals surface area (Å²) in [6.45, 7) is 6.20. The Hall–Kier alpha value is -1.90. The van der Waals surface area contributed by atoms with E-state index in [-0.39, 0.29) is 23.5 Å². The Bertz CT molecular complexity index is 879. The van der Waals surface area contributed by atoms with Crippen LogP contribution in [0.2, 0.25) is 0 Å². The molecule has 0 heterocycles. The highest BCUT2D eigenvalue weighted by molar-refractivity contribution is 9.10. The first-order valence-corrected chi connectivity index (χ1v) is 11.3. The summed E-state index contributed by atoms with van der Waals surface area (Å²) < 4.78 is 32.9. The summed E-state index contributed by atoms with van der Waals surface area (Å²) in [4.78, 5) is 12.4. The molecule has 1 atom stereocenters. The summed E-state index contributed by atoms with van der Waals surface area (Å²) in [6, 6.07) is 13.5. The van der Waals surface area contributed by atoms with Crippen LogP contribution in [0.15, 0.2) is 57.9 Å². The first-order chi connectivity index (χ1) is 13.3. The number of carbonyl (C=O) groups is 1. The highest BCUT2D eigenvalue weighted by atomic mass is 79.9. The predicted molar refractivity (Wildman–Crippen MR) is 113 cm³/mol. The molecule has 28 heavy (non-hydrogen) atoms. The molecule has 8 heteroatoms. The van der Waals surface area contributed by atoms with Crippen molar-refractivity contribution in [1.29, 1.82) is 0 Å². The lowest BCUT2D eigenvalue weighted by molar-refractivity contribution is -0.123. The molecular formula is C20H25BrN2O4S. The van der Waals surface area contributed by atoms with Crippen molar-refractivity contribution in [3.8, 4) is 5.75 Å². The molecular weight excluding hydrogens is 444 g/mol. The molecule has 2 aromatic rings. The lowest BCUT2D eigenvalue weighted by Crippen LogP contribution is -2.31. The van der Waals surface area contributed by atoms with Crippen LogP contribution in [0.1, 0.15) is 32.4 Å². The molecule has 6 nitrogen and oxygen atoms in total. The van der Waals surface area contributed by atoms with Gasteiger partial charge in [-0.25, -0.2) is 8.42 Å². The molecule has 0 aliphatic heterocycles. The van der Waals surface area contributed by atoms with Gasteiger partial charge in [-0.1, -0.05) is 41.9 Å². The van der Waals surface area contributed by atoms with Gasteiger partial charge in [-0.05, 0) is 48.9 Å². The number of rotatable bonds is 9. The van der Waals surface area contributed by atoms with Crippen LogP contribution < -0.4 is 10.1 Å². The third kappa shape index (κ3) is 5.80. The van der Waals surface area contributed by atoms with Gasteiger partial charge in [0.1, 0.15) is 5.75 Å². The second kappa shape index (κ2) is 10.0. The molecule has 1 N–H and O–H groups in total. The Morgan fingerprint density at radius 3 is 2.18 bits per heavy atom. The quantitative estimate of drug-likeness (QED) is 0.607. The number of amides is 1. The average Bonchev–Trinajstić information content (AvgIpc) is 2.68. The second-order valence-corrected chi connectivity index (χ2v) is 9.04. The molecule has 0 saturated carbocycles. The van der Waals surface area contributed by atoms with Gasteiger partial charge < -0.3 is 10.1 Å². The Labute approximate surface area is 175 Å². The highest BCUT2D eigenvalue weighted by Crippen LogP contribution is 2.20. The lowest BCUT2D eigenvalue weighted by Gasteiger charge is -2.19. The van der Waals surface area contributed by atoms with E-state index in [1.807, 2.05) is 32.9 Å². The first kappa shape index (κ1) is 22.4. The summed E-state index contributed by atoms with van der Waals surface area (Å²) in [5.74, 6) is 0.354.